The molecule has 0 unspecified atom stereocenters. The highest BCUT2D eigenvalue weighted by Gasteiger charge is 2.16. The van der Waals surface area contributed by atoms with Crippen LogP contribution in [0.25, 0.3) is 22.5 Å². The summed E-state index contributed by atoms with van der Waals surface area (Å²) in [5, 5.41) is 8.13. The predicted octanol–water partition coefficient (Wildman–Crippen LogP) is 3.63. The van der Waals surface area contributed by atoms with Crippen molar-refractivity contribution in [3.8, 4) is 11.5 Å². The Morgan fingerprint density at radius 2 is 1.86 bits per heavy atom. The van der Waals surface area contributed by atoms with Crippen LogP contribution in [0.2, 0.25) is 0 Å². The number of hydrogen-bond acceptors (Lipinski definition) is 4. The SMILES string of the molecule is Cl.c1ccc(Cc2ncoc2-c2[nH]nc3ncccc23)cc1. The third-order valence-corrected chi connectivity index (χ3v) is 3.41. The Labute approximate surface area is 132 Å². The molecule has 22 heavy (non-hydrogen) atoms. The predicted molar refractivity (Wildman–Crippen MR) is 85.9 cm³/mol. The van der Waals surface area contributed by atoms with Crippen LogP contribution < -0.4 is 0 Å². The van der Waals surface area contributed by atoms with Crippen LogP contribution in [0.15, 0.2) is 59.5 Å². The van der Waals surface area contributed by atoms with Gasteiger partial charge in [-0.05, 0) is 17.7 Å². The first-order chi connectivity index (χ1) is 10.4. The van der Waals surface area contributed by atoms with Crippen LogP contribution in [0, 0.1) is 0 Å². The average molecular weight is 313 g/mol. The molecule has 0 saturated heterocycles. The number of nitrogens with zero attached hydrogens (tertiary/aromatic N) is 3. The Hall–Kier alpha value is -2.66. The van der Waals surface area contributed by atoms with E-state index in [4.69, 9.17) is 4.42 Å². The molecule has 5 nitrogen and oxygen atoms in total. The van der Waals surface area contributed by atoms with Gasteiger partial charge < -0.3 is 4.42 Å². The van der Waals surface area contributed by atoms with Gasteiger partial charge in [0.25, 0.3) is 0 Å². The summed E-state index contributed by atoms with van der Waals surface area (Å²) in [7, 11) is 0. The summed E-state index contributed by atoms with van der Waals surface area (Å²) in [5.74, 6) is 0.717. The number of pyridine rings is 1. The lowest BCUT2D eigenvalue weighted by atomic mass is 10.1. The number of benzene rings is 1. The maximum atomic E-state index is 5.58. The molecule has 4 aromatic rings. The van der Waals surface area contributed by atoms with Gasteiger partial charge in [-0.15, -0.1) is 12.4 Å². The normalized spacial score (nSPS) is 10.5. The molecule has 1 N–H and O–H groups in total. The zero-order chi connectivity index (χ0) is 14.1. The van der Waals surface area contributed by atoms with Gasteiger partial charge in [-0.2, -0.15) is 5.10 Å². The van der Waals surface area contributed by atoms with Crippen molar-refractivity contribution >= 4 is 23.4 Å². The third-order valence-electron chi connectivity index (χ3n) is 3.41. The standard InChI is InChI=1S/C16H12N4O.ClH/c1-2-5-11(6-3-1)9-13-15(21-10-18-13)14-12-7-4-8-17-16(12)20-19-14;/h1-8,10H,9H2,(H,17,19,20);1H. The lowest BCUT2D eigenvalue weighted by molar-refractivity contribution is 0.569. The minimum absolute atomic E-state index is 0. The number of aromatic amines is 1. The first-order valence-corrected chi connectivity index (χ1v) is 6.67. The second kappa shape index (κ2) is 5.99. The second-order valence-electron chi connectivity index (χ2n) is 4.76. The van der Waals surface area contributed by atoms with E-state index in [1.54, 1.807) is 6.20 Å². The Kier molecular flexibility index (Phi) is 3.89. The quantitative estimate of drug-likeness (QED) is 0.627. The van der Waals surface area contributed by atoms with E-state index in [2.05, 4.69) is 32.3 Å². The Bertz CT molecular complexity index is 885. The van der Waals surface area contributed by atoms with Crippen molar-refractivity contribution in [3.63, 3.8) is 0 Å². The summed E-state index contributed by atoms with van der Waals surface area (Å²) >= 11 is 0. The Balaban J connectivity index is 0.00000144. The molecule has 0 aliphatic heterocycles. The first kappa shape index (κ1) is 14.3. The summed E-state index contributed by atoms with van der Waals surface area (Å²) in [6, 6.07) is 14.0. The molecule has 0 aliphatic rings. The van der Waals surface area contributed by atoms with E-state index in [1.807, 2.05) is 30.3 Å². The number of oxazole rings is 1. The zero-order valence-corrected chi connectivity index (χ0v) is 12.4. The van der Waals surface area contributed by atoms with Gasteiger partial charge in [0.05, 0.1) is 5.69 Å². The molecule has 1 aromatic carbocycles. The number of aromatic nitrogens is 4. The summed E-state index contributed by atoms with van der Waals surface area (Å²) < 4.78 is 5.58. The third kappa shape index (κ3) is 2.46. The van der Waals surface area contributed by atoms with E-state index in [0.717, 1.165) is 16.8 Å². The molecule has 0 spiro atoms. The summed E-state index contributed by atoms with van der Waals surface area (Å²) in [4.78, 5) is 8.56. The van der Waals surface area contributed by atoms with Gasteiger partial charge in [0, 0.05) is 18.0 Å². The van der Waals surface area contributed by atoms with Gasteiger partial charge in [0.15, 0.2) is 17.8 Å². The van der Waals surface area contributed by atoms with E-state index < -0.39 is 0 Å². The van der Waals surface area contributed by atoms with Gasteiger partial charge in [0.1, 0.15) is 5.69 Å². The van der Waals surface area contributed by atoms with Gasteiger partial charge in [-0.25, -0.2) is 9.97 Å². The molecular formula is C16H13ClN4O. The summed E-state index contributed by atoms with van der Waals surface area (Å²) in [6.07, 6.45) is 3.91. The minimum atomic E-state index is 0. The molecule has 6 heteroatoms. The molecule has 0 amide bonds. The number of nitrogens with one attached hydrogen (secondary N) is 1. The Morgan fingerprint density at radius 1 is 1.00 bits per heavy atom. The van der Waals surface area contributed by atoms with Crippen LogP contribution in [-0.4, -0.2) is 20.2 Å². The maximum absolute atomic E-state index is 5.58. The lowest BCUT2D eigenvalue weighted by Gasteiger charge is -2.00. The zero-order valence-electron chi connectivity index (χ0n) is 11.6. The average Bonchev–Trinajstić information content (AvgIpc) is 3.14. The van der Waals surface area contributed by atoms with E-state index in [0.29, 0.717) is 17.8 Å². The number of rotatable bonds is 3. The number of fused-ring (bicyclic) bond motifs is 1. The topological polar surface area (TPSA) is 67.6 Å². The van der Waals surface area contributed by atoms with Crippen LogP contribution in [0.3, 0.4) is 0 Å². The molecule has 0 atom stereocenters. The fraction of sp³-hybridized carbons (Fsp3) is 0.0625. The highest BCUT2D eigenvalue weighted by Crippen LogP contribution is 2.28. The highest BCUT2D eigenvalue weighted by molar-refractivity contribution is 5.89. The molecule has 0 fully saturated rings. The van der Waals surface area contributed by atoms with E-state index >= 15 is 0 Å². The van der Waals surface area contributed by atoms with Gasteiger partial charge in [-0.1, -0.05) is 30.3 Å². The van der Waals surface area contributed by atoms with Gasteiger partial charge in [0.2, 0.25) is 0 Å². The maximum Gasteiger partial charge on any atom is 0.181 e. The molecule has 0 aliphatic carbocycles. The summed E-state index contributed by atoms with van der Waals surface area (Å²) in [5.41, 5.74) is 3.57. The number of halogens is 1. The molecule has 3 heterocycles. The van der Waals surface area contributed by atoms with Crippen molar-refractivity contribution in [1.29, 1.82) is 0 Å². The first-order valence-electron chi connectivity index (χ1n) is 6.67. The molecular weight excluding hydrogens is 300 g/mol. The molecule has 0 radical (unpaired) electrons. The smallest absolute Gasteiger partial charge is 0.181 e. The van der Waals surface area contributed by atoms with Crippen molar-refractivity contribution in [3.05, 3.63) is 66.3 Å². The minimum Gasteiger partial charge on any atom is -0.442 e. The Morgan fingerprint density at radius 3 is 2.73 bits per heavy atom. The van der Waals surface area contributed by atoms with Gasteiger partial charge in [-0.3, -0.25) is 5.10 Å². The van der Waals surface area contributed by atoms with Gasteiger partial charge >= 0.3 is 0 Å². The second-order valence-corrected chi connectivity index (χ2v) is 4.76. The molecule has 3 aromatic heterocycles. The lowest BCUT2D eigenvalue weighted by Crippen LogP contribution is -1.91. The fourth-order valence-electron chi connectivity index (χ4n) is 2.41. The van der Waals surface area contributed by atoms with Crippen LogP contribution in [0.1, 0.15) is 11.3 Å². The molecule has 4 rings (SSSR count). The largest absolute Gasteiger partial charge is 0.442 e. The van der Waals surface area contributed by atoms with Crippen LogP contribution in [0.5, 0.6) is 0 Å². The highest BCUT2D eigenvalue weighted by atomic mass is 35.5. The van der Waals surface area contributed by atoms with E-state index in [-0.39, 0.29) is 12.4 Å². The number of hydrogen-bond donors (Lipinski definition) is 1. The fourth-order valence-corrected chi connectivity index (χ4v) is 2.41. The van der Waals surface area contributed by atoms with Crippen LogP contribution in [-0.2, 0) is 6.42 Å². The summed E-state index contributed by atoms with van der Waals surface area (Å²) in [6.45, 7) is 0. The molecule has 0 saturated carbocycles. The van der Waals surface area contributed by atoms with Crippen molar-refractivity contribution in [2.24, 2.45) is 0 Å². The molecule has 110 valence electrons. The van der Waals surface area contributed by atoms with Crippen molar-refractivity contribution < 1.29 is 4.42 Å². The molecule has 0 bridgehead atoms. The van der Waals surface area contributed by atoms with Crippen LogP contribution >= 0.6 is 12.4 Å². The number of H-pyrrole nitrogens is 1. The van der Waals surface area contributed by atoms with Crippen molar-refractivity contribution in [1.82, 2.24) is 20.2 Å². The van der Waals surface area contributed by atoms with Crippen LogP contribution in [0.4, 0.5) is 0 Å². The van der Waals surface area contributed by atoms with Crippen molar-refractivity contribution in [2.45, 2.75) is 6.42 Å². The van der Waals surface area contributed by atoms with E-state index in [1.165, 1.54) is 12.0 Å². The van der Waals surface area contributed by atoms with Crippen molar-refractivity contribution in [2.75, 3.05) is 0 Å². The monoisotopic (exact) mass is 312 g/mol. The van der Waals surface area contributed by atoms with E-state index in [9.17, 15) is 0 Å².